The Labute approximate surface area is 143 Å². The molecule has 0 amide bonds. The lowest BCUT2D eigenvalue weighted by molar-refractivity contribution is -0.384. The lowest BCUT2D eigenvalue weighted by atomic mass is 10.2. The van der Waals surface area contributed by atoms with E-state index in [1.165, 1.54) is 6.07 Å². The minimum atomic E-state index is -0.451. The molecule has 0 aliphatic rings. The highest BCUT2D eigenvalue weighted by molar-refractivity contribution is 6.34. The third-order valence-electron chi connectivity index (χ3n) is 3.74. The molecule has 24 heavy (non-hydrogen) atoms. The van der Waals surface area contributed by atoms with Crippen LogP contribution in [0.25, 0.3) is 10.9 Å². The molecule has 1 heterocycles. The van der Waals surface area contributed by atoms with Crippen LogP contribution >= 0.6 is 11.6 Å². The summed E-state index contributed by atoms with van der Waals surface area (Å²) in [4.78, 5) is 10.6. The second-order valence-corrected chi connectivity index (χ2v) is 5.47. The molecule has 0 fully saturated rings. The highest BCUT2D eigenvalue weighted by Crippen LogP contribution is 2.29. The topological polar surface area (TPSA) is 72.5 Å². The number of para-hydroxylation sites is 3. The van der Waals surface area contributed by atoms with E-state index in [2.05, 4.69) is 10.5 Å². The van der Waals surface area contributed by atoms with Crippen LogP contribution in [0.2, 0.25) is 5.15 Å². The lowest BCUT2D eigenvalue weighted by Crippen LogP contribution is -1.97. The fourth-order valence-corrected chi connectivity index (χ4v) is 2.99. The average Bonchev–Trinajstić information content (AvgIpc) is 2.86. The standard InChI is InChI=1S/C17H15ClN4O2/c1-2-21-15-9-5-3-7-12(15)13(17(21)18)11-19-20-14-8-4-6-10-16(14)22(23)24/h3-11,20H,2H2,1H3. The number of nitro groups is 1. The van der Waals surface area contributed by atoms with Gasteiger partial charge in [0.25, 0.3) is 5.69 Å². The van der Waals surface area contributed by atoms with Crippen molar-refractivity contribution in [3.05, 3.63) is 69.4 Å². The van der Waals surface area contributed by atoms with Crippen LogP contribution in [0.15, 0.2) is 53.6 Å². The number of aryl methyl sites for hydroxylation is 1. The average molecular weight is 343 g/mol. The number of anilines is 1. The Morgan fingerprint density at radius 2 is 1.96 bits per heavy atom. The maximum absolute atomic E-state index is 11.0. The molecule has 0 spiro atoms. The first-order valence-electron chi connectivity index (χ1n) is 7.42. The maximum Gasteiger partial charge on any atom is 0.294 e. The van der Waals surface area contributed by atoms with Crippen molar-refractivity contribution >= 4 is 40.1 Å². The lowest BCUT2D eigenvalue weighted by Gasteiger charge is -2.02. The zero-order chi connectivity index (χ0) is 17.1. The SMILES string of the molecule is CCn1c(Cl)c(C=NNc2ccccc2[N+](=O)[O-])c2ccccc21. The van der Waals surface area contributed by atoms with Gasteiger partial charge in [0.1, 0.15) is 10.8 Å². The molecule has 3 rings (SSSR count). The van der Waals surface area contributed by atoms with Crippen LogP contribution in [0.1, 0.15) is 12.5 Å². The highest BCUT2D eigenvalue weighted by atomic mass is 35.5. The van der Waals surface area contributed by atoms with E-state index in [4.69, 9.17) is 11.6 Å². The first-order valence-corrected chi connectivity index (χ1v) is 7.80. The van der Waals surface area contributed by atoms with Gasteiger partial charge in [0.2, 0.25) is 0 Å². The minimum Gasteiger partial charge on any atom is -0.331 e. The summed E-state index contributed by atoms with van der Waals surface area (Å²) >= 11 is 6.45. The third kappa shape index (κ3) is 2.83. The van der Waals surface area contributed by atoms with Gasteiger partial charge in [0.15, 0.2) is 0 Å². The number of nitrogens with zero attached hydrogens (tertiary/aromatic N) is 3. The molecule has 1 aromatic heterocycles. The molecule has 0 bridgehead atoms. The summed E-state index contributed by atoms with van der Waals surface area (Å²) in [5.74, 6) is 0. The Kier molecular flexibility index (Phi) is 4.48. The summed E-state index contributed by atoms with van der Waals surface area (Å²) in [6.07, 6.45) is 1.59. The number of hydrogen-bond acceptors (Lipinski definition) is 4. The van der Waals surface area contributed by atoms with Crippen molar-refractivity contribution in [3.63, 3.8) is 0 Å². The normalized spacial score (nSPS) is 11.2. The van der Waals surface area contributed by atoms with Gasteiger partial charge in [0, 0.05) is 29.1 Å². The second kappa shape index (κ2) is 6.72. The van der Waals surface area contributed by atoms with Gasteiger partial charge in [-0.1, -0.05) is 41.9 Å². The molecule has 2 aromatic carbocycles. The van der Waals surface area contributed by atoms with Crippen molar-refractivity contribution in [3.8, 4) is 0 Å². The number of fused-ring (bicyclic) bond motifs is 1. The van der Waals surface area contributed by atoms with Crippen LogP contribution in [-0.4, -0.2) is 15.7 Å². The molecule has 7 heteroatoms. The smallest absolute Gasteiger partial charge is 0.294 e. The Balaban J connectivity index is 1.95. The molecule has 1 N–H and O–H groups in total. The van der Waals surface area contributed by atoms with Gasteiger partial charge in [-0.2, -0.15) is 5.10 Å². The highest BCUT2D eigenvalue weighted by Gasteiger charge is 2.14. The maximum atomic E-state index is 11.0. The summed E-state index contributed by atoms with van der Waals surface area (Å²) in [5, 5.41) is 16.7. The number of nitro benzene ring substituents is 1. The van der Waals surface area contributed by atoms with E-state index in [-0.39, 0.29) is 5.69 Å². The summed E-state index contributed by atoms with van der Waals surface area (Å²) in [6, 6.07) is 14.2. The molecule has 0 saturated carbocycles. The van der Waals surface area contributed by atoms with E-state index in [9.17, 15) is 10.1 Å². The number of aromatic nitrogens is 1. The molecule has 0 radical (unpaired) electrons. The summed E-state index contributed by atoms with van der Waals surface area (Å²) in [6.45, 7) is 2.76. The predicted molar refractivity (Wildman–Crippen MR) is 96.9 cm³/mol. The van der Waals surface area contributed by atoms with Gasteiger partial charge in [-0.15, -0.1) is 0 Å². The zero-order valence-corrected chi connectivity index (χ0v) is 13.7. The van der Waals surface area contributed by atoms with Crippen LogP contribution in [0.4, 0.5) is 11.4 Å². The fourth-order valence-electron chi connectivity index (χ4n) is 2.62. The van der Waals surface area contributed by atoms with Crippen molar-refractivity contribution in [1.82, 2.24) is 4.57 Å². The van der Waals surface area contributed by atoms with Gasteiger partial charge >= 0.3 is 0 Å². The van der Waals surface area contributed by atoms with Gasteiger partial charge in [-0.25, -0.2) is 0 Å². The molecular weight excluding hydrogens is 328 g/mol. The summed E-state index contributed by atoms with van der Waals surface area (Å²) in [5.41, 5.74) is 4.82. The van der Waals surface area contributed by atoms with E-state index in [1.54, 1.807) is 24.4 Å². The molecule has 122 valence electrons. The summed E-state index contributed by atoms with van der Waals surface area (Å²) < 4.78 is 1.99. The Hall–Kier alpha value is -2.86. The van der Waals surface area contributed by atoms with E-state index in [0.717, 1.165) is 23.0 Å². The van der Waals surface area contributed by atoms with Crippen LogP contribution in [0, 0.1) is 10.1 Å². The van der Waals surface area contributed by atoms with Gasteiger partial charge in [-0.05, 0) is 19.1 Å². The van der Waals surface area contributed by atoms with Gasteiger partial charge < -0.3 is 4.57 Å². The predicted octanol–water partition coefficient (Wildman–Crippen LogP) is 4.67. The molecular formula is C17H15ClN4O2. The van der Waals surface area contributed by atoms with Crippen molar-refractivity contribution in [2.24, 2.45) is 5.10 Å². The fraction of sp³-hybridized carbons (Fsp3) is 0.118. The number of benzene rings is 2. The third-order valence-corrected chi connectivity index (χ3v) is 4.15. The van der Waals surface area contributed by atoms with E-state index >= 15 is 0 Å². The molecule has 0 aliphatic heterocycles. The van der Waals surface area contributed by atoms with Gasteiger partial charge in [0.05, 0.1) is 11.1 Å². The monoisotopic (exact) mass is 342 g/mol. The first kappa shape index (κ1) is 16.0. The van der Waals surface area contributed by atoms with Crippen molar-refractivity contribution in [2.45, 2.75) is 13.5 Å². The molecule has 3 aromatic rings. The van der Waals surface area contributed by atoms with Crippen molar-refractivity contribution in [2.75, 3.05) is 5.43 Å². The van der Waals surface area contributed by atoms with Crippen molar-refractivity contribution < 1.29 is 4.92 Å². The number of nitrogens with one attached hydrogen (secondary N) is 1. The quantitative estimate of drug-likeness (QED) is 0.416. The van der Waals surface area contributed by atoms with E-state index < -0.39 is 4.92 Å². The van der Waals surface area contributed by atoms with Crippen LogP contribution in [-0.2, 0) is 6.54 Å². The largest absolute Gasteiger partial charge is 0.331 e. The Morgan fingerprint density at radius 3 is 2.71 bits per heavy atom. The molecule has 0 atom stereocenters. The second-order valence-electron chi connectivity index (χ2n) is 5.11. The van der Waals surface area contributed by atoms with Crippen LogP contribution < -0.4 is 5.43 Å². The summed E-state index contributed by atoms with van der Waals surface area (Å²) in [7, 11) is 0. The van der Waals surface area contributed by atoms with E-state index in [1.807, 2.05) is 35.8 Å². The van der Waals surface area contributed by atoms with Crippen molar-refractivity contribution in [1.29, 1.82) is 0 Å². The number of rotatable bonds is 5. The minimum absolute atomic E-state index is 0.0308. The Morgan fingerprint density at radius 1 is 1.25 bits per heavy atom. The first-order chi connectivity index (χ1) is 11.6. The van der Waals surface area contributed by atoms with Crippen LogP contribution in [0.3, 0.4) is 0 Å². The zero-order valence-electron chi connectivity index (χ0n) is 12.9. The van der Waals surface area contributed by atoms with Crippen LogP contribution in [0.5, 0.6) is 0 Å². The number of hydrogen-bond donors (Lipinski definition) is 1. The molecule has 0 unspecified atom stereocenters. The van der Waals surface area contributed by atoms with Gasteiger partial charge in [-0.3, -0.25) is 15.5 Å². The molecule has 0 aliphatic carbocycles. The van der Waals surface area contributed by atoms with E-state index in [0.29, 0.717) is 10.8 Å². The molecule has 0 saturated heterocycles. The number of hydrazone groups is 1. The molecule has 6 nitrogen and oxygen atoms in total. The Bertz CT molecular complexity index is 933. The number of halogens is 1.